The average molecular weight is 446 g/mol. The molecule has 32 heavy (non-hydrogen) atoms. The first-order valence-corrected chi connectivity index (χ1v) is 11.5. The molecule has 2 fully saturated rings. The van der Waals surface area contributed by atoms with Gasteiger partial charge in [0.25, 0.3) is 5.91 Å². The Morgan fingerprint density at radius 2 is 2.16 bits per heavy atom. The van der Waals surface area contributed by atoms with Crippen molar-refractivity contribution in [3.05, 3.63) is 23.2 Å². The molecule has 5 aliphatic rings. The minimum absolute atomic E-state index is 0.0348. The highest BCUT2D eigenvalue weighted by Gasteiger charge is 2.56. The van der Waals surface area contributed by atoms with E-state index in [1.54, 1.807) is 6.21 Å². The van der Waals surface area contributed by atoms with Crippen molar-refractivity contribution in [1.82, 2.24) is 10.4 Å². The van der Waals surface area contributed by atoms with Gasteiger partial charge in [0.15, 0.2) is 0 Å². The molecular weight excluding hydrogens is 414 g/mol. The number of ether oxygens (including phenoxy) is 2. The fourth-order valence-electron chi connectivity index (χ4n) is 6.23. The van der Waals surface area contributed by atoms with Crippen LogP contribution < -0.4 is 5.32 Å². The van der Waals surface area contributed by atoms with Crippen molar-refractivity contribution in [3.63, 3.8) is 0 Å². The molecule has 174 valence electrons. The minimum atomic E-state index is -0.693. The number of hydrogen-bond donors (Lipinski definition) is 2. The molecule has 7 atom stereocenters. The van der Waals surface area contributed by atoms with Gasteiger partial charge in [-0.1, -0.05) is 6.92 Å². The van der Waals surface area contributed by atoms with Crippen LogP contribution in [0, 0.1) is 11.3 Å². The maximum Gasteiger partial charge on any atom is 0.413 e. The Hall–Kier alpha value is -2.39. The van der Waals surface area contributed by atoms with Crippen LogP contribution in [0.15, 0.2) is 28.2 Å². The summed E-state index contributed by atoms with van der Waals surface area (Å²) in [5.74, 6) is 1.41. The smallest absolute Gasteiger partial charge is 0.413 e. The van der Waals surface area contributed by atoms with Crippen molar-refractivity contribution in [3.8, 4) is 0 Å². The lowest BCUT2D eigenvalue weighted by Crippen LogP contribution is -2.42. The van der Waals surface area contributed by atoms with Crippen LogP contribution in [0.3, 0.4) is 0 Å². The molecule has 4 unspecified atom stereocenters. The summed E-state index contributed by atoms with van der Waals surface area (Å²) in [6.07, 6.45) is 6.73. The fourth-order valence-corrected chi connectivity index (χ4v) is 6.23. The number of alkyl carbamates (subject to hydrolysis) is 1. The van der Waals surface area contributed by atoms with E-state index in [-0.39, 0.29) is 29.5 Å². The predicted octanol–water partition coefficient (Wildman–Crippen LogP) is 2.21. The molecule has 0 aromatic carbocycles. The van der Waals surface area contributed by atoms with Gasteiger partial charge in [0.1, 0.15) is 23.7 Å². The van der Waals surface area contributed by atoms with Crippen molar-refractivity contribution in [2.45, 2.75) is 82.7 Å². The van der Waals surface area contributed by atoms with E-state index in [9.17, 15) is 14.7 Å². The van der Waals surface area contributed by atoms with E-state index in [0.29, 0.717) is 30.9 Å². The fraction of sp³-hybridized carbons (Fsp3) is 0.696. The number of nitrogens with one attached hydrogen (secondary N) is 1. The van der Waals surface area contributed by atoms with Crippen LogP contribution in [-0.2, 0) is 19.1 Å². The van der Waals surface area contributed by atoms with E-state index in [2.05, 4.69) is 17.2 Å². The highest BCUT2D eigenvalue weighted by atomic mass is 16.7. The largest absolute Gasteiger partial charge is 0.493 e. The Balaban J connectivity index is 1.40. The average Bonchev–Trinajstić information content (AvgIpc) is 3.12. The van der Waals surface area contributed by atoms with Crippen molar-refractivity contribution in [1.29, 1.82) is 0 Å². The monoisotopic (exact) mass is 445 g/mol. The van der Waals surface area contributed by atoms with Gasteiger partial charge < -0.3 is 19.9 Å². The molecule has 1 saturated carbocycles. The van der Waals surface area contributed by atoms with Crippen molar-refractivity contribution in [2.75, 3.05) is 7.11 Å². The van der Waals surface area contributed by atoms with Gasteiger partial charge >= 0.3 is 6.09 Å². The molecule has 9 heteroatoms. The summed E-state index contributed by atoms with van der Waals surface area (Å²) in [4.78, 5) is 34.9. The summed E-state index contributed by atoms with van der Waals surface area (Å²) in [7, 11) is 1.44. The number of hydroxylamine groups is 2. The van der Waals surface area contributed by atoms with Gasteiger partial charge in [-0.25, -0.2) is 9.86 Å². The molecule has 0 aromatic heterocycles. The molecule has 1 spiro atoms. The molecule has 3 aliphatic heterocycles. The van der Waals surface area contributed by atoms with E-state index in [4.69, 9.17) is 14.3 Å². The van der Waals surface area contributed by atoms with Crippen LogP contribution in [0.25, 0.3) is 0 Å². The molecule has 0 bridgehead atoms. The zero-order valence-electron chi connectivity index (χ0n) is 18.7. The summed E-state index contributed by atoms with van der Waals surface area (Å²) >= 11 is 0. The zero-order valence-corrected chi connectivity index (χ0v) is 18.7. The summed E-state index contributed by atoms with van der Waals surface area (Å²) in [5.41, 5.74) is 0.763. The van der Waals surface area contributed by atoms with Gasteiger partial charge in [-0.05, 0) is 44.6 Å². The summed E-state index contributed by atoms with van der Waals surface area (Å²) in [6.45, 7) is 4.09. The van der Waals surface area contributed by atoms with Gasteiger partial charge in [-0.2, -0.15) is 0 Å². The second-order valence-corrected chi connectivity index (χ2v) is 9.82. The van der Waals surface area contributed by atoms with Crippen LogP contribution in [0.5, 0.6) is 0 Å². The lowest BCUT2D eigenvalue weighted by Gasteiger charge is -2.41. The van der Waals surface area contributed by atoms with Crippen LogP contribution in [0.1, 0.15) is 52.4 Å². The Labute approximate surface area is 187 Å². The number of allylic oxidation sites excluding steroid dienone is 1. The topological polar surface area (TPSA) is 110 Å². The Kier molecular flexibility index (Phi) is 5.28. The third-order valence-electron chi connectivity index (χ3n) is 7.49. The van der Waals surface area contributed by atoms with E-state index in [0.717, 1.165) is 30.6 Å². The molecule has 0 aromatic rings. The molecule has 3 heterocycles. The van der Waals surface area contributed by atoms with Crippen LogP contribution in [0.2, 0.25) is 0 Å². The first kappa shape index (κ1) is 21.5. The van der Waals surface area contributed by atoms with Gasteiger partial charge in [-0.15, -0.1) is 0 Å². The lowest BCUT2D eigenvalue weighted by atomic mass is 9.62. The van der Waals surface area contributed by atoms with Crippen LogP contribution >= 0.6 is 0 Å². The number of aliphatic imine (C=N–C) groups is 1. The Morgan fingerprint density at radius 1 is 1.34 bits per heavy atom. The number of carbonyl (C=O) groups excluding carboxylic acids is 2. The maximum absolute atomic E-state index is 12.7. The molecule has 5 rings (SSSR count). The second kappa shape index (κ2) is 7.88. The third kappa shape index (κ3) is 3.42. The summed E-state index contributed by atoms with van der Waals surface area (Å²) in [6, 6.07) is -1.00. The third-order valence-corrected chi connectivity index (χ3v) is 7.49. The predicted molar refractivity (Wildman–Crippen MR) is 114 cm³/mol. The van der Waals surface area contributed by atoms with Crippen LogP contribution in [-0.4, -0.2) is 65.8 Å². The molecule has 1 saturated heterocycles. The van der Waals surface area contributed by atoms with Gasteiger partial charge in [0.2, 0.25) is 0 Å². The van der Waals surface area contributed by atoms with Crippen molar-refractivity contribution >= 4 is 18.2 Å². The van der Waals surface area contributed by atoms with Gasteiger partial charge in [-0.3, -0.25) is 14.6 Å². The zero-order chi connectivity index (χ0) is 22.6. The Morgan fingerprint density at radius 3 is 2.91 bits per heavy atom. The Bertz CT molecular complexity index is 913. The van der Waals surface area contributed by atoms with E-state index < -0.39 is 18.2 Å². The molecule has 2 N–H and O–H groups in total. The summed E-state index contributed by atoms with van der Waals surface area (Å²) < 4.78 is 12.0. The second-order valence-electron chi connectivity index (χ2n) is 9.82. The first-order chi connectivity index (χ1) is 15.3. The number of amides is 2. The number of hydrogen-bond acceptors (Lipinski definition) is 7. The summed E-state index contributed by atoms with van der Waals surface area (Å²) in [5, 5.41) is 14.3. The normalized spacial score (nSPS) is 40.3. The lowest BCUT2D eigenvalue weighted by molar-refractivity contribution is -0.176. The molecular formula is C23H31N3O6. The highest BCUT2D eigenvalue weighted by Crippen LogP contribution is 2.58. The number of aliphatic hydroxyl groups excluding tert-OH is 1. The molecule has 0 radical (unpaired) electrons. The van der Waals surface area contributed by atoms with E-state index in [1.807, 2.05) is 13.0 Å². The molecule has 2 amide bonds. The quantitative estimate of drug-likeness (QED) is 0.689. The van der Waals surface area contributed by atoms with E-state index >= 15 is 0 Å². The van der Waals surface area contributed by atoms with E-state index in [1.165, 1.54) is 12.2 Å². The maximum atomic E-state index is 12.7. The standard InChI is InChI=1S/C23H31N3O6/c1-12-4-5-19-23(9-12)10-15(11-24-16-7-14(27)8-18(32-19)20(16)23)31-22(29)25-17-6-13(2)26(30-3)21(17)28/h10-14,16-17,19,27H,4-9H2,1-3H3,(H,25,29)/t12?,13?,14-,16+,17?,19-,23?/m1/s1. The number of rotatable bonds is 3. The molecule has 2 aliphatic carbocycles. The number of carbonyl (C=O) groups is 2. The van der Waals surface area contributed by atoms with Crippen molar-refractivity contribution in [2.24, 2.45) is 16.3 Å². The SMILES string of the molecule is CON1C(=O)C(NC(=O)OC2=CC34CC(C)CC[C@H]3OC3=C4[C@H](C[C@@H](O)C3)N=C2)CC1C. The highest BCUT2D eigenvalue weighted by molar-refractivity contribution is 5.88. The number of nitrogens with zero attached hydrogens (tertiary/aromatic N) is 2. The number of aliphatic hydroxyl groups is 1. The van der Waals surface area contributed by atoms with Crippen molar-refractivity contribution < 1.29 is 29.0 Å². The van der Waals surface area contributed by atoms with Gasteiger partial charge in [0.05, 0.1) is 36.9 Å². The molecule has 9 nitrogen and oxygen atoms in total. The van der Waals surface area contributed by atoms with Crippen LogP contribution in [0.4, 0.5) is 4.79 Å². The minimum Gasteiger partial charge on any atom is -0.493 e. The van der Waals surface area contributed by atoms with Gasteiger partial charge in [0, 0.05) is 18.4 Å². The first-order valence-electron chi connectivity index (χ1n) is 11.5.